The van der Waals surface area contributed by atoms with E-state index in [1.54, 1.807) is 42.3 Å². The van der Waals surface area contributed by atoms with E-state index in [2.05, 4.69) is 5.32 Å². The van der Waals surface area contributed by atoms with Crippen molar-refractivity contribution in [2.24, 2.45) is 0 Å². The lowest BCUT2D eigenvalue weighted by molar-refractivity contribution is -0.116. The number of para-hydroxylation sites is 1. The second kappa shape index (κ2) is 7.95. The van der Waals surface area contributed by atoms with Crippen molar-refractivity contribution in [2.45, 2.75) is 13.5 Å². The van der Waals surface area contributed by atoms with Gasteiger partial charge in [0.15, 0.2) is 0 Å². The Hall–Kier alpha value is -3.73. The van der Waals surface area contributed by atoms with Gasteiger partial charge in [-0.15, -0.1) is 0 Å². The molecule has 4 nitrogen and oxygen atoms in total. The van der Waals surface area contributed by atoms with E-state index in [-0.39, 0.29) is 11.8 Å². The number of rotatable bonds is 2. The van der Waals surface area contributed by atoms with Gasteiger partial charge in [0.1, 0.15) is 5.82 Å². The lowest BCUT2D eigenvalue weighted by atomic mass is 9.93. The minimum atomic E-state index is -0.419. The third kappa shape index (κ3) is 3.50. The molecule has 0 aromatic heterocycles. The third-order valence-electron chi connectivity index (χ3n) is 5.30. The predicted molar refractivity (Wildman–Crippen MR) is 117 cm³/mol. The summed E-state index contributed by atoms with van der Waals surface area (Å²) in [5.74, 6) is -0.797. The maximum atomic E-state index is 15.2. The second-order valence-electron chi connectivity index (χ2n) is 7.15. The number of anilines is 1. The Morgan fingerprint density at radius 1 is 0.933 bits per heavy atom. The molecule has 30 heavy (non-hydrogen) atoms. The Balaban J connectivity index is 1.89. The molecule has 1 aliphatic rings. The van der Waals surface area contributed by atoms with Crippen LogP contribution in [0.15, 0.2) is 60.7 Å². The lowest BCUT2D eigenvalue weighted by Gasteiger charge is -2.26. The summed E-state index contributed by atoms with van der Waals surface area (Å²) in [6.45, 7) is 1.83. The minimum Gasteiger partial charge on any atom is -0.355 e. The summed E-state index contributed by atoms with van der Waals surface area (Å²) in [4.78, 5) is 26.4. The molecule has 3 aromatic rings. The Labute approximate surface area is 174 Å². The van der Waals surface area contributed by atoms with Crippen molar-refractivity contribution in [3.63, 3.8) is 0 Å². The number of nitrogens with one attached hydrogen (secondary N) is 1. The van der Waals surface area contributed by atoms with Crippen molar-refractivity contribution in [1.29, 1.82) is 0 Å². The molecule has 0 saturated carbocycles. The fourth-order valence-corrected chi connectivity index (χ4v) is 3.77. The van der Waals surface area contributed by atoms with Crippen LogP contribution >= 0.6 is 0 Å². The number of carbonyl (C=O) groups is 2. The topological polar surface area (TPSA) is 49.4 Å². The number of nitrogens with zero attached hydrogens (tertiary/aromatic N) is 1. The average molecular weight is 400 g/mol. The van der Waals surface area contributed by atoms with Crippen LogP contribution in [0.5, 0.6) is 0 Å². The molecule has 1 aliphatic heterocycles. The number of benzene rings is 3. The zero-order valence-corrected chi connectivity index (χ0v) is 16.8. The van der Waals surface area contributed by atoms with E-state index in [4.69, 9.17) is 0 Å². The van der Waals surface area contributed by atoms with E-state index in [9.17, 15) is 9.59 Å². The van der Waals surface area contributed by atoms with Crippen LogP contribution in [0.4, 0.5) is 10.1 Å². The van der Waals surface area contributed by atoms with Crippen LogP contribution < -0.4 is 10.2 Å². The standard InChI is InChI=1S/C25H21FN2O2/c1-16(29)28-15-19-13-22(20-8-4-5-9-21(20)25(30)27-2)23(26)14-18(19)12-11-17-7-3-6-10-24(17)28/h3-14H,15H2,1-2H3,(H,27,30). The van der Waals surface area contributed by atoms with E-state index in [0.29, 0.717) is 28.8 Å². The van der Waals surface area contributed by atoms with Gasteiger partial charge in [-0.1, -0.05) is 48.6 Å². The summed E-state index contributed by atoms with van der Waals surface area (Å²) >= 11 is 0. The summed E-state index contributed by atoms with van der Waals surface area (Å²) in [6, 6.07) is 17.7. The SMILES string of the molecule is CNC(=O)c1ccccc1-c1cc2c(cc1F)C=Cc1ccccc1N(C(C)=O)C2. The molecule has 2 amide bonds. The fourth-order valence-electron chi connectivity index (χ4n) is 3.77. The summed E-state index contributed by atoms with van der Waals surface area (Å²) < 4.78 is 15.2. The van der Waals surface area contributed by atoms with Gasteiger partial charge >= 0.3 is 0 Å². The molecule has 150 valence electrons. The summed E-state index contributed by atoms with van der Waals surface area (Å²) in [5, 5.41) is 2.60. The first kappa shape index (κ1) is 19.6. The molecule has 0 spiro atoms. The van der Waals surface area contributed by atoms with Crippen molar-refractivity contribution in [2.75, 3.05) is 11.9 Å². The zero-order chi connectivity index (χ0) is 21.3. The van der Waals surface area contributed by atoms with Gasteiger partial charge in [0.2, 0.25) is 5.91 Å². The predicted octanol–water partition coefficient (Wildman–Crippen LogP) is 4.89. The third-order valence-corrected chi connectivity index (χ3v) is 5.30. The van der Waals surface area contributed by atoms with Crippen LogP contribution in [0.3, 0.4) is 0 Å². The molecule has 5 heteroatoms. The fraction of sp³-hybridized carbons (Fsp3) is 0.120. The molecular formula is C25H21FN2O2. The molecule has 0 bridgehead atoms. The van der Waals surface area contributed by atoms with Gasteiger partial charge < -0.3 is 10.2 Å². The number of carbonyl (C=O) groups excluding carboxylic acids is 2. The largest absolute Gasteiger partial charge is 0.355 e. The van der Waals surface area contributed by atoms with E-state index >= 15 is 4.39 Å². The lowest BCUT2D eigenvalue weighted by Crippen LogP contribution is -2.29. The quantitative estimate of drug-likeness (QED) is 0.666. The van der Waals surface area contributed by atoms with Crippen LogP contribution in [0.2, 0.25) is 0 Å². The molecule has 0 saturated heterocycles. The van der Waals surface area contributed by atoms with Crippen molar-refractivity contribution >= 4 is 29.7 Å². The highest BCUT2D eigenvalue weighted by Gasteiger charge is 2.21. The second-order valence-corrected chi connectivity index (χ2v) is 7.15. The van der Waals surface area contributed by atoms with Gasteiger partial charge in [-0.2, -0.15) is 0 Å². The number of hydrogen-bond acceptors (Lipinski definition) is 2. The number of hydrogen-bond donors (Lipinski definition) is 1. The van der Waals surface area contributed by atoms with Crippen molar-refractivity contribution in [3.8, 4) is 11.1 Å². The molecule has 0 fully saturated rings. The molecule has 0 aliphatic carbocycles. The molecule has 1 N–H and O–H groups in total. The van der Waals surface area contributed by atoms with E-state index in [1.807, 2.05) is 36.4 Å². The molecule has 4 rings (SSSR count). The van der Waals surface area contributed by atoms with Gasteiger partial charge in [-0.3, -0.25) is 9.59 Å². The average Bonchev–Trinajstić information content (AvgIpc) is 2.75. The highest BCUT2D eigenvalue weighted by Crippen LogP contribution is 2.34. The van der Waals surface area contributed by atoms with Crippen LogP contribution in [0, 0.1) is 5.82 Å². The van der Waals surface area contributed by atoms with Crippen LogP contribution in [0.1, 0.15) is 34.0 Å². The van der Waals surface area contributed by atoms with Crippen molar-refractivity contribution in [3.05, 3.63) is 88.7 Å². The van der Waals surface area contributed by atoms with Gasteiger partial charge in [0, 0.05) is 25.1 Å². The highest BCUT2D eigenvalue weighted by molar-refractivity contribution is 6.01. The molecule has 0 radical (unpaired) electrons. The Bertz CT molecular complexity index is 1180. The first-order chi connectivity index (χ1) is 14.5. The maximum absolute atomic E-state index is 15.2. The van der Waals surface area contributed by atoms with Crippen LogP contribution in [-0.4, -0.2) is 18.9 Å². The van der Waals surface area contributed by atoms with Crippen molar-refractivity contribution < 1.29 is 14.0 Å². The summed E-state index contributed by atoms with van der Waals surface area (Å²) in [5.41, 5.74) is 4.45. The molecular weight excluding hydrogens is 379 g/mol. The number of halogens is 1. The van der Waals surface area contributed by atoms with Crippen LogP contribution in [-0.2, 0) is 11.3 Å². The van der Waals surface area contributed by atoms with Gasteiger partial charge in [-0.05, 0) is 46.5 Å². The number of fused-ring (bicyclic) bond motifs is 2. The summed E-state index contributed by atoms with van der Waals surface area (Å²) in [7, 11) is 1.54. The Kier molecular flexibility index (Phi) is 5.19. The molecule has 0 unspecified atom stereocenters. The highest BCUT2D eigenvalue weighted by atomic mass is 19.1. The molecule has 1 heterocycles. The smallest absolute Gasteiger partial charge is 0.251 e. The van der Waals surface area contributed by atoms with E-state index < -0.39 is 5.82 Å². The Morgan fingerprint density at radius 3 is 2.40 bits per heavy atom. The molecule has 0 atom stereocenters. The van der Waals surface area contributed by atoms with Gasteiger partial charge in [-0.25, -0.2) is 4.39 Å². The maximum Gasteiger partial charge on any atom is 0.251 e. The minimum absolute atomic E-state index is 0.0969. The zero-order valence-electron chi connectivity index (χ0n) is 16.8. The van der Waals surface area contributed by atoms with E-state index in [1.165, 1.54) is 13.0 Å². The first-order valence-electron chi connectivity index (χ1n) is 9.68. The van der Waals surface area contributed by atoms with Crippen LogP contribution in [0.25, 0.3) is 23.3 Å². The van der Waals surface area contributed by atoms with Gasteiger partial charge in [0.05, 0.1) is 12.2 Å². The molecule has 3 aromatic carbocycles. The van der Waals surface area contributed by atoms with Gasteiger partial charge in [0.25, 0.3) is 5.91 Å². The monoisotopic (exact) mass is 400 g/mol. The Morgan fingerprint density at radius 2 is 1.63 bits per heavy atom. The summed E-state index contributed by atoms with van der Waals surface area (Å²) in [6.07, 6.45) is 3.75. The normalized spacial score (nSPS) is 12.4. The number of amides is 2. The first-order valence-corrected chi connectivity index (χ1v) is 9.68. The van der Waals surface area contributed by atoms with E-state index in [0.717, 1.165) is 16.8 Å². The van der Waals surface area contributed by atoms with Crippen molar-refractivity contribution in [1.82, 2.24) is 5.32 Å².